The van der Waals surface area contributed by atoms with Crippen molar-refractivity contribution in [1.82, 2.24) is 34.5 Å². The van der Waals surface area contributed by atoms with Gasteiger partial charge < -0.3 is 4.90 Å². The van der Waals surface area contributed by atoms with E-state index in [1.54, 1.807) is 22.0 Å². The average Bonchev–Trinajstić information content (AvgIpc) is 3.54. The van der Waals surface area contributed by atoms with Crippen LogP contribution in [-0.4, -0.2) is 89.1 Å². The molecule has 1 amide bonds. The number of carbonyl (C=O) groups excluding carboxylic acids is 4. The van der Waals surface area contributed by atoms with Crippen molar-refractivity contribution in [1.29, 1.82) is 0 Å². The van der Waals surface area contributed by atoms with Crippen molar-refractivity contribution >= 4 is 50.1 Å². The van der Waals surface area contributed by atoms with E-state index in [4.69, 9.17) is 5.10 Å². The van der Waals surface area contributed by atoms with E-state index in [1.165, 1.54) is 6.92 Å². The number of ketones is 3. The molecule has 1 aromatic carbocycles. The van der Waals surface area contributed by atoms with Gasteiger partial charge in [-0.05, 0) is 102 Å². The lowest BCUT2D eigenvalue weighted by molar-refractivity contribution is -0.139. The van der Waals surface area contributed by atoms with E-state index >= 15 is 0 Å². The van der Waals surface area contributed by atoms with Gasteiger partial charge in [-0.3, -0.25) is 28.8 Å². The Hall–Kier alpha value is -4.23. The first-order chi connectivity index (χ1) is 26.0. The second kappa shape index (κ2) is 14.8. The first-order valence-corrected chi connectivity index (χ1v) is 20.0. The number of benzene rings is 1. The van der Waals surface area contributed by atoms with Gasteiger partial charge in [0.25, 0.3) is 0 Å². The molecule has 4 aliphatic rings. The molecule has 8 rings (SSSR count). The molecule has 0 spiro atoms. The molecule has 1 aliphatic carbocycles. The van der Waals surface area contributed by atoms with E-state index < -0.39 is 12.2 Å². The van der Waals surface area contributed by atoms with Crippen LogP contribution in [0.1, 0.15) is 97.8 Å². The lowest BCUT2D eigenvalue weighted by atomic mass is 9.89. The van der Waals surface area contributed by atoms with Crippen LogP contribution in [0.5, 0.6) is 0 Å². The zero-order valence-corrected chi connectivity index (χ0v) is 32.4. The van der Waals surface area contributed by atoms with Gasteiger partial charge in [0.15, 0.2) is 11.6 Å². The highest BCUT2D eigenvalue weighted by atomic mass is 79.9. The van der Waals surface area contributed by atoms with Crippen LogP contribution in [0.4, 0.5) is 4.39 Å². The van der Waals surface area contributed by atoms with Crippen molar-refractivity contribution in [3.63, 3.8) is 0 Å². The third-order valence-corrected chi connectivity index (χ3v) is 12.4. The SMILES string of the molecule is CC(=O)c1nn2c3c(cc(-c4cnc(C)nc4)cc13)CCCCCCC(=O)CC[C@@]13C[C@@H](C(=O)Cc4nc(Br)ccc4CN4CC(F)C4)N(C(=O)C2)[C@@H]1C3. The fourth-order valence-corrected chi connectivity index (χ4v) is 9.33. The smallest absolute Gasteiger partial charge is 0.245 e. The van der Waals surface area contributed by atoms with Gasteiger partial charge >= 0.3 is 0 Å². The monoisotopic (exact) mass is 797 g/mol. The van der Waals surface area contributed by atoms with Crippen LogP contribution in [-0.2, 0) is 40.3 Å². The number of rotatable bonds is 7. The highest BCUT2D eigenvalue weighted by Crippen LogP contribution is 2.62. The van der Waals surface area contributed by atoms with Crippen molar-refractivity contribution < 1.29 is 23.6 Å². The maximum Gasteiger partial charge on any atom is 0.245 e. The van der Waals surface area contributed by atoms with Crippen molar-refractivity contribution in [2.24, 2.45) is 5.41 Å². The van der Waals surface area contributed by atoms with Gasteiger partial charge in [-0.2, -0.15) is 5.10 Å². The summed E-state index contributed by atoms with van der Waals surface area (Å²) in [5, 5.41) is 5.46. The lowest BCUT2D eigenvalue weighted by Gasteiger charge is -2.34. The number of piperidine rings is 1. The largest absolute Gasteiger partial charge is 0.327 e. The molecule has 3 atom stereocenters. The summed E-state index contributed by atoms with van der Waals surface area (Å²) >= 11 is 3.46. The molecule has 2 saturated heterocycles. The third-order valence-electron chi connectivity index (χ3n) is 12.0. The number of aryl methyl sites for hydroxylation is 2. The van der Waals surface area contributed by atoms with Gasteiger partial charge in [0.1, 0.15) is 34.6 Å². The Morgan fingerprint density at radius 1 is 0.981 bits per heavy atom. The van der Waals surface area contributed by atoms with Crippen molar-refractivity contribution in [3.8, 4) is 11.1 Å². The molecule has 11 nitrogen and oxygen atoms in total. The van der Waals surface area contributed by atoms with Crippen LogP contribution in [0, 0.1) is 12.3 Å². The Morgan fingerprint density at radius 3 is 2.48 bits per heavy atom. The van der Waals surface area contributed by atoms with Crippen LogP contribution >= 0.6 is 15.9 Å². The molecular formula is C41H45BrFN7O4. The molecule has 2 bridgehead atoms. The first-order valence-electron chi connectivity index (χ1n) is 19.2. The van der Waals surface area contributed by atoms with Crippen LogP contribution in [0.25, 0.3) is 22.0 Å². The minimum Gasteiger partial charge on any atom is -0.327 e. The molecule has 1 saturated carbocycles. The average molecular weight is 799 g/mol. The maximum atomic E-state index is 14.7. The predicted molar refractivity (Wildman–Crippen MR) is 203 cm³/mol. The highest BCUT2D eigenvalue weighted by Gasteiger charge is 2.66. The Labute approximate surface area is 322 Å². The predicted octanol–water partition coefficient (Wildman–Crippen LogP) is 6.34. The minimum atomic E-state index is -0.839. The quantitative estimate of drug-likeness (QED) is 0.155. The van der Waals surface area contributed by atoms with Gasteiger partial charge in [-0.15, -0.1) is 0 Å². The number of nitrogens with zero attached hydrogens (tertiary/aromatic N) is 7. The van der Waals surface area contributed by atoms with Crippen LogP contribution in [0.3, 0.4) is 0 Å². The molecule has 6 heterocycles. The number of halogens is 2. The normalized spacial score (nSPS) is 24.0. The zero-order valence-electron chi connectivity index (χ0n) is 30.8. The van der Waals surface area contributed by atoms with Gasteiger partial charge in [0.2, 0.25) is 5.91 Å². The van der Waals surface area contributed by atoms with E-state index in [0.717, 1.165) is 59.9 Å². The molecule has 282 valence electrons. The van der Waals surface area contributed by atoms with Gasteiger partial charge in [0.05, 0.1) is 23.7 Å². The Balaban J connectivity index is 1.15. The van der Waals surface area contributed by atoms with E-state index in [0.29, 0.717) is 78.9 Å². The molecular weight excluding hydrogens is 753 g/mol. The number of pyridine rings is 1. The van der Waals surface area contributed by atoms with E-state index in [2.05, 4.69) is 36.9 Å². The maximum absolute atomic E-state index is 14.7. The van der Waals surface area contributed by atoms with Crippen molar-refractivity contribution in [2.75, 3.05) is 13.1 Å². The number of likely N-dealkylation sites (tertiary alicyclic amines) is 1. The van der Waals surface area contributed by atoms with E-state index in [-0.39, 0.29) is 47.7 Å². The fraction of sp³-hybridized carbons (Fsp3) is 0.512. The lowest BCUT2D eigenvalue weighted by Crippen LogP contribution is -2.47. The Bertz CT molecular complexity index is 2150. The first kappa shape index (κ1) is 36.7. The molecule has 3 fully saturated rings. The number of Topliss-reactive ketones (excluding diaryl/α,β-unsaturated/α-hetero) is 3. The molecule has 0 unspecified atom stereocenters. The van der Waals surface area contributed by atoms with Crippen LogP contribution in [0.15, 0.2) is 41.3 Å². The summed E-state index contributed by atoms with van der Waals surface area (Å²) in [4.78, 5) is 72.5. The summed E-state index contributed by atoms with van der Waals surface area (Å²) in [7, 11) is 0. The Morgan fingerprint density at radius 2 is 1.74 bits per heavy atom. The summed E-state index contributed by atoms with van der Waals surface area (Å²) in [5.74, 6) is 0.368. The molecule has 4 aromatic rings. The standard InChI is InChI=1S/C41H45BrFN7O4/c1-24(51)39-32-14-28(29-18-44-25(2)45-19-29)13-26-7-5-3-4-6-8-31(52)11-12-41-16-34(50(36(41)17-41)38(54)23-49(47-39)40(26)32)35(53)15-33-27(9-10-37(42)46-33)20-48-21-30(43)22-48/h9-10,13-14,18-19,30,34,36H,3-8,11-12,15-17,20-23H2,1-2H3/t34-,36+,41-/m0/s1. The molecule has 0 N–H and O–H groups in total. The number of hydrogen-bond acceptors (Lipinski definition) is 9. The van der Waals surface area contributed by atoms with E-state index in [9.17, 15) is 23.6 Å². The summed E-state index contributed by atoms with van der Waals surface area (Å²) in [6.07, 6.45) is 9.91. The summed E-state index contributed by atoms with van der Waals surface area (Å²) in [6.45, 7) is 4.40. The fourth-order valence-electron chi connectivity index (χ4n) is 8.98. The molecule has 54 heavy (non-hydrogen) atoms. The highest BCUT2D eigenvalue weighted by molar-refractivity contribution is 9.10. The summed E-state index contributed by atoms with van der Waals surface area (Å²) in [5.41, 5.74) is 4.91. The number of carbonyl (C=O) groups is 4. The van der Waals surface area contributed by atoms with Crippen LogP contribution in [0.2, 0.25) is 0 Å². The molecule has 0 radical (unpaired) electrons. The minimum absolute atomic E-state index is 0.0344. The number of amides is 1. The van der Waals surface area contributed by atoms with Gasteiger partial charge in [0, 0.05) is 68.8 Å². The summed E-state index contributed by atoms with van der Waals surface area (Å²) < 4.78 is 15.9. The van der Waals surface area contributed by atoms with Crippen molar-refractivity contribution in [3.05, 3.63) is 69.6 Å². The van der Waals surface area contributed by atoms with Gasteiger partial charge in [-0.1, -0.05) is 18.9 Å². The van der Waals surface area contributed by atoms with Gasteiger partial charge in [-0.25, -0.2) is 19.3 Å². The second-order valence-electron chi connectivity index (χ2n) is 15.8. The van der Waals surface area contributed by atoms with Crippen molar-refractivity contribution in [2.45, 2.75) is 116 Å². The molecule has 3 aliphatic heterocycles. The third kappa shape index (κ3) is 7.28. The Kier molecular flexibility index (Phi) is 10.1. The van der Waals surface area contributed by atoms with E-state index in [1.807, 2.05) is 30.0 Å². The molecule has 13 heteroatoms. The molecule has 3 aromatic heterocycles. The number of alkyl halides is 1. The second-order valence-corrected chi connectivity index (χ2v) is 16.7. The number of hydrogen-bond donors (Lipinski definition) is 0. The topological polar surface area (TPSA) is 131 Å². The zero-order chi connectivity index (χ0) is 37.7. The van der Waals surface area contributed by atoms with Crippen LogP contribution < -0.4 is 0 Å². The summed E-state index contributed by atoms with van der Waals surface area (Å²) in [6, 6.07) is 6.95. The number of aromatic nitrogens is 5.